The van der Waals surface area contributed by atoms with E-state index in [2.05, 4.69) is 10.3 Å². The summed E-state index contributed by atoms with van der Waals surface area (Å²) < 4.78 is 69.4. The van der Waals surface area contributed by atoms with Gasteiger partial charge < -0.3 is 5.32 Å². The Morgan fingerprint density at radius 1 is 0.892 bits per heavy atom. The highest BCUT2D eigenvalue weighted by molar-refractivity contribution is 5.92. The zero-order valence-corrected chi connectivity index (χ0v) is 19.6. The molecule has 37 heavy (non-hydrogen) atoms. The molecule has 1 aromatic heterocycles. The van der Waals surface area contributed by atoms with E-state index >= 15 is 0 Å². The van der Waals surface area contributed by atoms with Gasteiger partial charge in [0.2, 0.25) is 5.91 Å². The molecular formula is C28H20F5N3O. The van der Waals surface area contributed by atoms with Crippen LogP contribution >= 0.6 is 0 Å². The van der Waals surface area contributed by atoms with Crippen LogP contribution in [-0.4, -0.2) is 15.9 Å². The van der Waals surface area contributed by atoms with Crippen molar-refractivity contribution >= 4 is 11.7 Å². The number of fused-ring (bicyclic) bond motifs is 3. The minimum atomic E-state index is -1.97. The lowest BCUT2D eigenvalue weighted by Crippen LogP contribution is -2.21. The number of hydrogen-bond acceptors (Lipinski definition) is 3. The highest BCUT2D eigenvalue weighted by atomic mass is 19.2. The van der Waals surface area contributed by atoms with Crippen LogP contribution < -0.4 is 5.32 Å². The number of carbonyl (C=O) groups is 1. The Hall–Kier alpha value is -4.14. The molecule has 3 aromatic carbocycles. The van der Waals surface area contributed by atoms with Gasteiger partial charge in [0, 0.05) is 17.5 Å². The van der Waals surface area contributed by atoms with E-state index in [1.54, 1.807) is 6.07 Å². The van der Waals surface area contributed by atoms with Crippen molar-refractivity contribution in [2.24, 2.45) is 0 Å². The van der Waals surface area contributed by atoms with Crippen molar-refractivity contribution in [3.63, 3.8) is 0 Å². The molecule has 0 bridgehead atoms. The lowest BCUT2D eigenvalue weighted by molar-refractivity contribution is -0.115. The number of benzene rings is 3. The predicted molar refractivity (Wildman–Crippen MR) is 127 cm³/mol. The molecule has 0 unspecified atom stereocenters. The summed E-state index contributed by atoms with van der Waals surface area (Å²) >= 11 is 0. The lowest BCUT2D eigenvalue weighted by Gasteiger charge is -2.21. The van der Waals surface area contributed by atoms with Crippen LogP contribution in [0.1, 0.15) is 33.6 Å². The SMILES string of the molecule is Cc1c(F)c(F)c(F)c(F)c1CC(=O)Nc1nc2c(nc1Cc1ccccc1)-c1ccc(F)cc1CC2. The summed E-state index contributed by atoms with van der Waals surface area (Å²) in [4.78, 5) is 22.3. The Labute approximate surface area is 209 Å². The van der Waals surface area contributed by atoms with Crippen LogP contribution in [0.3, 0.4) is 0 Å². The fraction of sp³-hybridized carbons (Fsp3) is 0.179. The fourth-order valence-electron chi connectivity index (χ4n) is 4.49. The number of nitrogens with one attached hydrogen (secondary N) is 1. The smallest absolute Gasteiger partial charge is 0.230 e. The number of hydrogen-bond donors (Lipinski definition) is 1. The third-order valence-corrected chi connectivity index (χ3v) is 6.43. The van der Waals surface area contributed by atoms with Crippen LogP contribution in [0.5, 0.6) is 0 Å². The first-order valence-corrected chi connectivity index (χ1v) is 11.6. The lowest BCUT2D eigenvalue weighted by atomic mass is 9.91. The molecule has 0 spiro atoms. The van der Waals surface area contributed by atoms with Gasteiger partial charge >= 0.3 is 0 Å². The average molecular weight is 509 g/mol. The molecule has 0 saturated heterocycles. The van der Waals surface area contributed by atoms with Gasteiger partial charge in [0.1, 0.15) is 5.82 Å². The Balaban J connectivity index is 1.52. The second kappa shape index (κ2) is 9.72. The van der Waals surface area contributed by atoms with E-state index in [0.717, 1.165) is 23.6 Å². The highest BCUT2D eigenvalue weighted by Crippen LogP contribution is 2.34. The number of halogens is 5. The van der Waals surface area contributed by atoms with Gasteiger partial charge in [0.05, 0.1) is 23.5 Å². The molecule has 1 heterocycles. The summed E-state index contributed by atoms with van der Waals surface area (Å²) in [6, 6.07) is 13.8. The molecule has 0 saturated carbocycles. The predicted octanol–water partition coefficient (Wildman–Crippen LogP) is 6.02. The first-order chi connectivity index (χ1) is 17.7. The highest BCUT2D eigenvalue weighted by Gasteiger charge is 2.26. The monoisotopic (exact) mass is 509 g/mol. The van der Waals surface area contributed by atoms with Crippen molar-refractivity contribution in [2.45, 2.75) is 32.6 Å². The maximum atomic E-state index is 14.3. The van der Waals surface area contributed by atoms with Crippen molar-refractivity contribution < 1.29 is 26.7 Å². The Kier molecular flexibility index (Phi) is 6.45. The minimum absolute atomic E-state index is 0.124. The Morgan fingerprint density at radius 2 is 1.62 bits per heavy atom. The average Bonchev–Trinajstić information content (AvgIpc) is 2.89. The second-order valence-electron chi connectivity index (χ2n) is 8.86. The van der Waals surface area contributed by atoms with Gasteiger partial charge in [-0.05, 0) is 54.7 Å². The fourth-order valence-corrected chi connectivity index (χ4v) is 4.49. The van der Waals surface area contributed by atoms with E-state index in [1.165, 1.54) is 12.1 Å². The summed E-state index contributed by atoms with van der Waals surface area (Å²) in [6.45, 7) is 1.07. The van der Waals surface area contributed by atoms with E-state index in [9.17, 15) is 26.7 Å². The zero-order chi connectivity index (χ0) is 26.3. The zero-order valence-electron chi connectivity index (χ0n) is 19.6. The molecule has 1 N–H and O–H groups in total. The Morgan fingerprint density at radius 3 is 2.38 bits per heavy atom. The summed E-state index contributed by atoms with van der Waals surface area (Å²) in [5, 5.41) is 2.59. The Bertz CT molecular complexity index is 1510. The van der Waals surface area contributed by atoms with Crippen LogP contribution in [0.25, 0.3) is 11.3 Å². The molecule has 1 aliphatic carbocycles. The summed E-state index contributed by atoms with van der Waals surface area (Å²) in [5.41, 5.74) is 2.93. The van der Waals surface area contributed by atoms with Gasteiger partial charge in [0.15, 0.2) is 29.1 Å². The number of carbonyl (C=O) groups excluding carboxylic acids is 1. The first kappa shape index (κ1) is 24.5. The number of rotatable bonds is 5. The topological polar surface area (TPSA) is 54.9 Å². The molecule has 5 rings (SSSR count). The van der Waals surface area contributed by atoms with Crippen molar-refractivity contribution in [2.75, 3.05) is 5.32 Å². The van der Waals surface area contributed by atoms with E-state index in [-0.39, 0.29) is 11.6 Å². The van der Waals surface area contributed by atoms with E-state index in [0.29, 0.717) is 36.3 Å². The maximum Gasteiger partial charge on any atom is 0.230 e. The van der Waals surface area contributed by atoms with E-state index in [4.69, 9.17) is 4.98 Å². The molecule has 0 atom stereocenters. The number of amides is 1. The molecule has 0 radical (unpaired) electrons. The third kappa shape index (κ3) is 4.69. The largest absolute Gasteiger partial charge is 0.309 e. The van der Waals surface area contributed by atoms with Crippen molar-refractivity contribution in [1.29, 1.82) is 0 Å². The van der Waals surface area contributed by atoms with Gasteiger partial charge in [-0.2, -0.15) is 0 Å². The molecule has 0 aliphatic heterocycles. The molecule has 188 valence electrons. The van der Waals surface area contributed by atoms with Crippen LogP contribution in [0.2, 0.25) is 0 Å². The van der Waals surface area contributed by atoms with Gasteiger partial charge in [-0.25, -0.2) is 31.9 Å². The molecule has 4 nitrogen and oxygen atoms in total. The second-order valence-corrected chi connectivity index (χ2v) is 8.86. The number of anilines is 1. The van der Waals surface area contributed by atoms with Crippen LogP contribution in [0, 0.1) is 36.0 Å². The normalized spacial score (nSPS) is 12.2. The van der Waals surface area contributed by atoms with Gasteiger partial charge in [-0.3, -0.25) is 4.79 Å². The molecule has 0 fully saturated rings. The van der Waals surface area contributed by atoms with Crippen molar-refractivity contribution in [3.8, 4) is 11.3 Å². The van der Waals surface area contributed by atoms with Gasteiger partial charge in [-0.1, -0.05) is 30.3 Å². The standard InChI is InChI=1S/C28H20F5N3O/c1-14-19(24(31)26(33)25(32)23(14)30)13-22(37)36-28-21(11-15-5-3-2-4-6-15)34-27-18-9-8-17(29)12-16(18)7-10-20(27)35-28/h2-6,8-9,12H,7,10-11,13H2,1H3,(H,35,36,37). The van der Waals surface area contributed by atoms with E-state index in [1.807, 2.05) is 30.3 Å². The minimum Gasteiger partial charge on any atom is -0.309 e. The van der Waals surface area contributed by atoms with Gasteiger partial charge in [-0.15, -0.1) is 0 Å². The summed E-state index contributed by atoms with van der Waals surface area (Å²) in [6.07, 6.45) is 0.534. The van der Waals surface area contributed by atoms with Crippen molar-refractivity contribution in [3.05, 3.63) is 111 Å². The van der Waals surface area contributed by atoms with Crippen LogP contribution in [0.15, 0.2) is 48.5 Å². The van der Waals surface area contributed by atoms with Gasteiger partial charge in [0.25, 0.3) is 0 Å². The quantitative estimate of drug-likeness (QED) is 0.203. The number of nitrogens with zero attached hydrogens (tertiary/aromatic N) is 2. The third-order valence-electron chi connectivity index (χ3n) is 6.43. The summed E-state index contributed by atoms with van der Waals surface area (Å²) in [5.74, 6) is -8.08. The molecule has 1 amide bonds. The first-order valence-electron chi connectivity index (χ1n) is 11.6. The number of aromatic nitrogens is 2. The molecular weight excluding hydrogens is 489 g/mol. The summed E-state index contributed by atoms with van der Waals surface area (Å²) in [7, 11) is 0. The molecule has 4 aromatic rings. The maximum absolute atomic E-state index is 14.3. The van der Waals surface area contributed by atoms with Crippen molar-refractivity contribution in [1.82, 2.24) is 9.97 Å². The van der Waals surface area contributed by atoms with Crippen LogP contribution in [0.4, 0.5) is 27.8 Å². The number of aryl methyl sites for hydroxylation is 2. The van der Waals surface area contributed by atoms with E-state index < -0.39 is 46.7 Å². The van der Waals surface area contributed by atoms with Crippen LogP contribution in [-0.2, 0) is 30.5 Å². The molecule has 9 heteroatoms. The molecule has 1 aliphatic rings.